The van der Waals surface area contributed by atoms with Gasteiger partial charge < -0.3 is 10.1 Å². The molecule has 1 aliphatic rings. The van der Waals surface area contributed by atoms with Crippen LogP contribution < -0.4 is 5.32 Å². The summed E-state index contributed by atoms with van der Waals surface area (Å²) in [5.41, 5.74) is 5.45. The second kappa shape index (κ2) is 5.78. The van der Waals surface area contributed by atoms with Gasteiger partial charge in [0.1, 0.15) is 0 Å². The molecule has 2 heteroatoms. The predicted octanol–water partition coefficient (Wildman–Crippen LogP) is 3.77. The number of hydrogen-bond donors (Lipinski definition) is 1. The standard InChI is InChI=1S/C18H21NO/c1-3-20-13(2)12-19-18-16-10-6-4-8-14(16)15-9-5-7-11-17(15)18/h4-11,13,18-19H,3,12H2,1-2H3. The quantitative estimate of drug-likeness (QED) is 0.890. The minimum atomic E-state index is 0.236. The zero-order valence-corrected chi connectivity index (χ0v) is 12.1. The molecule has 1 unspecified atom stereocenters. The van der Waals surface area contributed by atoms with Crippen molar-refractivity contribution in [3.8, 4) is 11.1 Å². The first-order valence-corrected chi connectivity index (χ1v) is 7.34. The lowest BCUT2D eigenvalue weighted by Crippen LogP contribution is -2.30. The van der Waals surface area contributed by atoms with Gasteiger partial charge in [-0.2, -0.15) is 0 Å². The molecule has 2 aromatic carbocycles. The van der Waals surface area contributed by atoms with Crippen LogP contribution in [0.25, 0.3) is 11.1 Å². The molecule has 0 aliphatic heterocycles. The molecule has 3 rings (SSSR count). The highest BCUT2D eigenvalue weighted by Crippen LogP contribution is 2.42. The van der Waals surface area contributed by atoms with Gasteiger partial charge in [-0.05, 0) is 36.1 Å². The molecule has 0 amide bonds. The van der Waals surface area contributed by atoms with Crippen molar-refractivity contribution in [2.24, 2.45) is 0 Å². The highest BCUT2D eigenvalue weighted by molar-refractivity contribution is 5.78. The Bertz CT molecular complexity index is 548. The van der Waals surface area contributed by atoms with Crippen molar-refractivity contribution < 1.29 is 4.74 Å². The van der Waals surface area contributed by atoms with Gasteiger partial charge in [0.25, 0.3) is 0 Å². The van der Waals surface area contributed by atoms with Crippen molar-refractivity contribution >= 4 is 0 Å². The molecule has 0 radical (unpaired) electrons. The van der Waals surface area contributed by atoms with Gasteiger partial charge >= 0.3 is 0 Å². The number of ether oxygens (including phenoxy) is 1. The fourth-order valence-electron chi connectivity index (χ4n) is 3.00. The Morgan fingerprint density at radius 2 is 1.55 bits per heavy atom. The zero-order valence-electron chi connectivity index (χ0n) is 12.1. The van der Waals surface area contributed by atoms with E-state index in [0.29, 0.717) is 0 Å². The van der Waals surface area contributed by atoms with E-state index in [1.165, 1.54) is 22.3 Å². The van der Waals surface area contributed by atoms with Crippen molar-refractivity contribution in [1.82, 2.24) is 5.32 Å². The molecule has 0 aromatic heterocycles. The van der Waals surface area contributed by atoms with E-state index in [1.807, 2.05) is 6.92 Å². The second-order valence-corrected chi connectivity index (χ2v) is 5.28. The monoisotopic (exact) mass is 267 g/mol. The number of nitrogens with one attached hydrogen (secondary N) is 1. The van der Waals surface area contributed by atoms with Crippen LogP contribution in [0.2, 0.25) is 0 Å². The van der Waals surface area contributed by atoms with Gasteiger partial charge in [-0.15, -0.1) is 0 Å². The summed E-state index contributed by atoms with van der Waals surface area (Å²) in [4.78, 5) is 0. The normalized spacial score (nSPS) is 14.9. The van der Waals surface area contributed by atoms with Crippen LogP contribution in [-0.2, 0) is 4.74 Å². The smallest absolute Gasteiger partial charge is 0.0671 e. The Kier molecular flexibility index (Phi) is 3.86. The maximum atomic E-state index is 5.62. The number of hydrogen-bond acceptors (Lipinski definition) is 2. The van der Waals surface area contributed by atoms with Gasteiger partial charge in [0.15, 0.2) is 0 Å². The fraction of sp³-hybridized carbons (Fsp3) is 0.333. The minimum absolute atomic E-state index is 0.236. The molecule has 2 aromatic rings. The number of benzene rings is 2. The first kappa shape index (κ1) is 13.3. The topological polar surface area (TPSA) is 21.3 Å². The van der Waals surface area contributed by atoms with Crippen molar-refractivity contribution in [1.29, 1.82) is 0 Å². The highest BCUT2D eigenvalue weighted by atomic mass is 16.5. The van der Waals surface area contributed by atoms with Crippen molar-refractivity contribution in [2.45, 2.75) is 26.0 Å². The third kappa shape index (κ3) is 2.37. The summed E-state index contributed by atoms with van der Waals surface area (Å²) in [6.07, 6.45) is 0.236. The van der Waals surface area contributed by atoms with Gasteiger partial charge in [-0.3, -0.25) is 0 Å². The first-order valence-electron chi connectivity index (χ1n) is 7.34. The minimum Gasteiger partial charge on any atom is -0.377 e. The van der Waals surface area contributed by atoms with E-state index in [2.05, 4.69) is 60.8 Å². The lowest BCUT2D eigenvalue weighted by Gasteiger charge is -2.19. The molecule has 0 saturated heterocycles. The lowest BCUT2D eigenvalue weighted by atomic mass is 10.1. The molecule has 0 heterocycles. The van der Waals surface area contributed by atoms with Crippen LogP contribution in [0.3, 0.4) is 0 Å². The van der Waals surface area contributed by atoms with Crippen molar-refractivity contribution in [3.63, 3.8) is 0 Å². The maximum absolute atomic E-state index is 5.62. The summed E-state index contributed by atoms with van der Waals surface area (Å²) >= 11 is 0. The van der Waals surface area contributed by atoms with E-state index >= 15 is 0 Å². The van der Waals surface area contributed by atoms with Gasteiger partial charge in [0, 0.05) is 13.2 Å². The lowest BCUT2D eigenvalue weighted by molar-refractivity contribution is 0.0749. The predicted molar refractivity (Wildman–Crippen MR) is 82.8 cm³/mol. The summed E-state index contributed by atoms with van der Waals surface area (Å²) in [6, 6.07) is 17.6. The number of fused-ring (bicyclic) bond motifs is 3. The molecular formula is C18H21NO. The van der Waals surface area contributed by atoms with E-state index < -0.39 is 0 Å². The molecular weight excluding hydrogens is 246 g/mol. The molecule has 20 heavy (non-hydrogen) atoms. The molecule has 0 saturated carbocycles. The van der Waals surface area contributed by atoms with Crippen LogP contribution in [-0.4, -0.2) is 19.3 Å². The third-order valence-electron chi connectivity index (χ3n) is 3.89. The molecule has 0 fully saturated rings. The van der Waals surface area contributed by atoms with Gasteiger partial charge in [0.2, 0.25) is 0 Å². The summed E-state index contributed by atoms with van der Waals surface area (Å²) in [7, 11) is 0. The van der Waals surface area contributed by atoms with Crippen molar-refractivity contribution in [3.05, 3.63) is 59.7 Å². The molecule has 1 N–H and O–H groups in total. The van der Waals surface area contributed by atoms with Gasteiger partial charge in [-0.1, -0.05) is 48.5 Å². The summed E-state index contributed by atoms with van der Waals surface area (Å²) in [5.74, 6) is 0. The van der Waals surface area contributed by atoms with E-state index in [-0.39, 0.29) is 12.1 Å². The molecule has 0 bridgehead atoms. The Morgan fingerprint density at radius 3 is 2.10 bits per heavy atom. The highest BCUT2D eigenvalue weighted by Gasteiger charge is 2.27. The van der Waals surface area contributed by atoms with E-state index in [0.717, 1.165) is 13.2 Å². The molecule has 0 spiro atoms. The Balaban J connectivity index is 1.87. The van der Waals surface area contributed by atoms with Crippen LogP contribution in [0.1, 0.15) is 31.0 Å². The van der Waals surface area contributed by atoms with Crippen LogP contribution in [0.4, 0.5) is 0 Å². The van der Waals surface area contributed by atoms with Crippen molar-refractivity contribution in [2.75, 3.05) is 13.2 Å². The average molecular weight is 267 g/mol. The summed E-state index contributed by atoms with van der Waals surface area (Å²) in [5, 5.41) is 3.65. The zero-order chi connectivity index (χ0) is 13.9. The number of rotatable bonds is 5. The third-order valence-corrected chi connectivity index (χ3v) is 3.89. The Labute approximate surface area is 120 Å². The molecule has 1 atom stereocenters. The molecule has 1 aliphatic carbocycles. The summed E-state index contributed by atoms with van der Waals surface area (Å²) in [6.45, 7) is 5.78. The summed E-state index contributed by atoms with van der Waals surface area (Å²) < 4.78 is 5.62. The van der Waals surface area contributed by atoms with Crippen LogP contribution >= 0.6 is 0 Å². The Morgan fingerprint density at radius 1 is 1.00 bits per heavy atom. The van der Waals surface area contributed by atoms with Gasteiger partial charge in [0.05, 0.1) is 12.1 Å². The SMILES string of the molecule is CCOC(C)CNC1c2ccccc2-c2ccccc21. The molecule has 2 nitrogen and oxygen atoms in total. The van der Waals surface area contributed by atoms with Gasteiger partial charge in [-0.25, -0.2) is 0 Å². The molecule has 104 valence electrons. The first-order chi connectivity index (χ1) is 9.81. The van der Waals surface area contributed by atoms with E-state index in [1.54, 1.807) is 0 Å². The van der Waals surface area contributed by atoms with Crippen LogP contribution in [0.5, 0.6) is 0 Å². The maximum Gasteiger partial charge on any atom is 0.0671 e. The average Bonchev–Trinajstić information content (AvgIpc) is 2.80. The second-order valence-electron chi connectivity index (χ2n) is 5.28. The van der Waals surface area contributed by atoms with Crippen LogP contribution in [0, 0.1) is 0 Å². The van der Waals surface area contributed by atoms with Crippen LogP contribution in [0.15, 0.2) is 48.5 Å². The Hall–Kier alpha value is -1.64. The van der Waals surface area contributed by atoms with E-state index in [9.17, 15) is 0 Å². The largest absolute Gasteiger partial charge is 0.377 e. The fourth-order valence-corrected chi connectivity index (χ4v) is 3.00. The van der Waals surface area contributed by atoms with E-state index in [4.69, 9.17) is 4.74 Å².